The van der Waals surface area contributed by atoms with Crippen LogP contribution < -0.4 is 9.47 Å². The van der Waals surface area contributed by atoms with Crippen LogP contribution in [0.25, 0.3) is 0 Å². The second kappa shape index (κ2) is 5.52. The Morgan fingerprint density at radius 2 is 1.79 bits per heavy atom. The van der Waals surface area contributed by atoms with Gasteiger partial charge in [0.1, 0.15) is 6.29 Å². The molecule has 0 fully saturated rings. The lowest BCUT2D eigenvalue weighted by Crippen LogP contribution is -1.94. The van der Waals surface area contributed by atoms with Gasteiger partial charge < -0.3 is 9.47 Å². The van der Waals surface area contributed by atoms with Gasteiger partial charge in [0.2, 0.25) is 0 Å². The van der Waals surface area contributed by atoms with Crippen LogP contribution >= 0.6 is 0 Å². The van der Waals surface area contributed by atoms with Gasteiger partial charge in [-0.05, 0) is 42.8 Å². The molecule has 0 amide bonds. The molecule has 0 bridgehead atoms. The summed E-state index contributed by atoms with van der Waals surface area (Å²) in [4.78, 5) is 10.5. The van der Waals surface area contributed by atoms with E-state index in [0.717, 1.165) is 11.6 Å². The van der Waals surface area contributed by atoms with Gasteiger partial charge in [-0.2, -0.15) is 0 Å². The monoisotopic (exact) mass is 260 g/mol. The molecule has 3 nitrogen and oxygen atoms in total. The first-order valence-electron chi connectivity index (χ1n) is 5.71. The lowest BCUT2D eigenvalue weighted by atomic mass is 10.2. The van der Waals surface area contributed by atoms with Crippen molar-refractivity contribution in [1.29, 1.82) is 0 Å². The highest BCUT2D eigenvalue weighted by molar-refractivity contribution is 5.75. The highest BCUT2D eigenvalue weighted by atomic mass is 19.1. The molecular weight excluding hydrogens is 247 g/mol. The molecule has 0 unspecified atom stereocenters. The van der Waals surface area contributed by atoms with Gasteiger partial charge in [-0.25, -0.2) is 4.39 Å². The Morgan fingerprint density at radius 3 is 2.42 bits per heavy atom. The third-order valence-corrected chi connectivity index (χ3v) is 2.63. The van der Waals surface area contributed by atoms with E-state index in [4.69, 9.17) is 9.47 Å². The molecule has 0 saturated heterocycles. The number of hydrogen-bond donors (Lipinski definition) is 0. The largest absolute Gasteiger partial charge is 0.493 e. The number of methoxy groups -OCH3 is 1. The van der Waals surface area contributed by atoms with Gasteiger partial charge in [-0.3, -0.25) is 4.79 Å². The zero-order chi connectivity index (χ0) is 13.8. The first kappa shape index (κ1) is 13.1. The van der Waals surface area contributed by atoms with Crippen LogP contribution in [0.5, 0.6) is 17.2 Å². The van der Waals surface area contributed by atoms with Gasteiger partial charge in [-0.1, -0.05) is 6.07 Å². The Labute approximate surface area is 110 Å². The van der Waals surface area contributed by atoms with Crippen LogP contribution in [0.1, 0.15) is 15.9 Å². The predicted molar refractivity (Wildman–Crippen MR) is 69.6 cm³/mol. The molecule has 0 heterocycles. The van der Waals surface area contributed by atoms with E-state index in [1.807, 2.05) is 13.0 Å². The van der Waals surface area contributed by atoms with E-state index in [9.17, 15) is 9.18 Å². The number of carbonyl (C=O) groups is 1. The van der Waals surface area contributed by atoms with E-state index in [0.29, 0.717) is 17.8 Å². The molecule has 0 atom stereocenters. The SMILES string of the molecule is COc1cc(C)ccc1Oc1ccc(C=O)cc1F. The summed E-state index contributed by atoms with van der Waals surface area (Å²) in [6, 6.07) is 9.39. The van der Waals surface area contributed by atoms with Gasteiger partial charge in [-0.15, -0.1) is 0 Å². The number of aryl methyl sites for hydroxylation is 1. The van der Waals surface area contributed by atoms with Gasteiger partial charge in [0, 0.05) is 5.56 Å². The number of carbonyl (C=O) groups excluding carboxylic acids is 1. The average molecular weight is 260 g/mol. The summed E-state index contributed by atoms with van der Waals surface area (Å²) in [5.74, 6) is 0.407. The van der Waals surface area contributed by atoms with E-state index in [-0.39, 0.29) is 11.3 Å². The van der Waals surface area contributed by atoms with E-state index in [1.165, 1.54) is 19.2 Å². The minimum absolute atomic E-state index is 0.0488. The minimum atomic E-state index is -0.591. The van der Waals surface area contributed by atoms with Gasteiger partial charge in [0.25, 0.3) is 0 Å². The topological polar surface area (TPSA) is 35.5 Å². The maximum atomic E-state index is 13.7. The van der Waals surface area contributed by atoms with Crippen LogP contribution in [-0.2, 0) is 0 Å². The minimum Gasteiger partial charge on any atom is -0.493 e. The molecule has 0 aliphatic heterocycles. The van der Waals surface area contributed by atoms with Crippen LogP contribution in [0.15, 0.2) is 36.4 Å². The fraction of sp³-hybridized carbons (Fsp3) is 0.133. The molecule has 4 heteroatoms. The van der Waals surface area contributed by atoms with Gasteiger partial charge in [0.15, 0.2) is 23.1 Å². The summed E-state index contributed by atoms with van der Waals surface area (Å²) >= 11 is 0. The molecule has 0 aliphatic rings. The van der Waals surface area contributed by atoms with Crippen molar-refractivity contribution in [3.8, 4) is 17.2 Å². The maximum Gasteiger partial charge on any atom is 0.169 e. The van der Waals surface area contributed by atoms with Crippen molar-refractivity contribution in [1.82, 2.24) is 0 Å². The van der Waals surface area contributed by atoms with Gasteiger partial charge in [0.05, 0.1) is 7.11 Å². The molecule has 98 valence electrons. The highest BCUT2D eigenvalue weighted by Crippen LogP contribution is 2.33. The lowest BCUT2D eigenvalue weighted by Gasteiger charge is -2.11. The fourth-order valence-corrected chi connectivity index (χ4v) is 1.65. The van der Waals surface area contributed by atoms with E-state index in [2.05, 4.69) is 0 Å². The maximum absolute atomic E-state index is 13.7. The second-order valence-electron chi connectivity index (χ2n) is 4.06. The predicted octanol–water partition coefficient (Wildman–Crippen LogP) is 3.75. The van der Waals surface area contributed by atoms with Crippen LogP contribution in [0.3, 0.4) is 0 Å². The van der Waals surface area contributed by atoms with Crippen molar-refractivity contribution >= 4 is 6.29 Å². The molecule has 0 aromatic heterocycles. The summed E-state index contributed by atoms with van der Waals surface area (Å²) in [5.41, 5.74) is 1.28. The number of halogens is 1. The van der Waals surface area contributed by atoms with Gasteiger partial charge >= 0.3 is 0 Å². The normalized spacial score (nSPS) is 10.1. The van der Waals surface area contributed by atoms with Crippen molar-refractivity contribution in [2.45, 2.75) is 6.92 Å². The molecule has 2 aromatic rings. The molecule has 0 spiro atoms. The zero-order valence-corrected chi connectivity index (χ0v) is 10.6. The Bertz CT molecular complexity index is 608. The van der Waals surface area contributed by atoms with Crippen LogP contribution in [0, 0.1) is 12.7 Å². The number of aldehydes is 1. The van der Waals surface area contributed by atoms with Crippen molar-refractivity contribution in [3.05, 3.63) is 53.3 Å². The summed E-state index contributed by atoms with van der Waals surface area (Å²) in [6.07, 6.45) is 0.583. The molecule has 0 aliphatic carbocycles. The number of rotatable bonds is 4. The number of hydrogen-bond acceptors (Lipinski definition) is 3. The second-order valence-corrected chi connectivity index (χ2v) is 4.06. The van der Waals surface area contributed by atoms with Crippen molar-refractivity contribution in [2.24, 2.45) is 0 Å². The quantitative estimate of drug-likeness (QED) is 0.785. The molecule has 0 radical (unpaired) electrons. The Morgan fingerprint density at radius 1 is 1.05 bits per heavy atom. The first-order chi connectivity index (χ1) is 9.13. The lowest BCUT2D eigenvalue weighted by molar-refractivity contribution is 0.112. The smallest absolute Gasteiger partial charge is 0.169 e. The third-order valence-electron chi connectivity index (χ3n) is 2.63. The summed E-state index contributed by atoms with van der Waals surface area (Å²) in [5, 5.41) is 0. The summed E-state index contributed by atoms with van der Waals surface area (Å²) in [7, 11) is 1.52. The van der Waals surface area contributed by atoms with Crippen molar-refractivity contribution in [3.63, 3.8) is 0 Å². The fourth-order valence-electron chi connectivity index (χ4n) is 1.65. The molecular formula is C15H13FO3. The van der Waals surface area contributed by atoms with Crippen LogP contribution in [-0.4, -0.2) is 13.4 Å². The molecule has 0 saturated carbocycles. The van der Waals surface area contributed by atoms with Crippen LogP contribution in [0.2, 0.25) is 0 Å². The third kappa shape index (κ3) is 2.91. The van der Waals surface area contributed by atoms with Crippen molar-refractivity contribution in [2.75, 3.05) is 7.11 Å². The molecule has 2 aromatic carbocycles. The molecule has 19 heavy (non-hydrogen) atoms. The Hall–Kier alpha value is -2.36. The molecule has 2 rings (SSSR count). The van der Waals surface area contributed by atoms with Crippen LogP contribution in [0.4, 0.5) is 4.39 Å². The Kier molecular flexibility index (Phi) is 3.80. The summed E-state index contributed by atoms with van der Waals surface area (Å²) in [6.45, 7) is 1.92. The standard InChI is InChI=1S/C15H13FO3/c1-10-3-5-14(15(7-10)18-2)19-13-6-4-11(9-17)8-12(13)16/h3-9H,1-2H3. The van der Waals surface area contributed by atoms with E-state index in [1.54, 1.807) is 12.1 Å². The zero-order valence-electron chi connectivity index (χ0n) is 10.6. The Balaban J connectivity index is 2.33. The number of benzene rings is 2. The first-order valence-corrected chi connectivity index (χ1v) is 5.71. The molecule has 0 N–H and O–H groups in total. The van der Waals surface area contributed by atoms with E-state index >= 15 is 0 Å². The summed E-state index contributed by atoms with van der Waals surface area (Å²) < 4.78 is 24.4. The average Bonchev–Trinajstić information content (AvgIpc) is 2.42. The van der Waals surface area contributed by atoms with Crippen molar-refractivity contribution < 1.29 is 18.7 Å². The van der Waals surface area contributed by atoms with E-state index < -0.39 is 5.82 Å². The number of ether oxygens (including phenoxy) is 2. The highest BCUT2D eigenvalue weighted by Gasteiger charge is 2.10.